The molecule has 0 unspecified atom stereocenters. The lowest BCUT2D eigenvalue weighted by atomic mass is 10.2. The quantitative estimate of drug-likeness (QED) is 0.731. The van der Waals surface area contributed by atoms with Gasteiger partial charge in [-0.2, -0.15) is 0 Å². The first-order valence-corrected chi connectivity index (χ1v) is 7.62. The predicted molar refractivity (Wildman–Crippen MR) is 79.3 cm³/mol. The monoisotopic (exact) mass is 342 g/mol. The van der Waals surface area contributed by atoms with Crippen molar-refractivity contribution in [3.8, 4) is 0 Å². The number of nitrogens with zero attached hydrogens (tertiary/aromatic N) is 2. The summed E-state index contributed by atoms with van der Waals surface area (Å²) in [6, 6.07) is 8.14. The molecule has 0 saturated carbocycles. The average Bonchev–Trinajstić information content (AvgIpc) is 2.34. The van der Waals surface area contributed by atoms with Gasteiger partial charge in [-0.15, -0.1) is 0 Å². The molecule has 0 amide bonds. The standard InChI is InChI=1S/C13H12BrClN2S/c1-2-4-11-12(15)16-8-17-13(11)18-10-6-3-5-9(14)7-10/h3,5-8H,2,4H2,1H3. The Labute approximate surface area is 124 Å². The molecule has 2 nitrogen and oxygen atoms in total. The summed E-state index contributed by atoms with van der Waals surface area (Å²) in [5.41, 5.74) is 1.03. The topological polar surface area (TPSA) is 25.8 Å². The van der Waals surface area contributed by atoms with Gasteiger partial charge in [0.05, 0.1) is 0 Å². The highest BCUT2D eigenvalue weighted by Crippen LogP contribution is 2.32. The zero-order valence-corrected chi connectivity index (χ0v) is 13.0. The highest BCUT2D eigenvalue weighted by molar-refractivity contribution is 9.10. The minimum absolute atomic E-state index is 0.560. The average molecular weight is 344 g/mol. The highest BCUT2D eigenvalue weighted by Gasteiger charge is 2.10. The number of hydrogen-bond acceptors (Lipinski definition) is 3. The first-order valence-electron chi connectivity index (χ1n) is 5.63. The van der Waals surface area contributed by atoms with Gasteiger partial charge in [0, 0.05) is 14.9 Å². The lowest BCUT2D eigenvalue weighted by molar-refractivity contribution is 0.856. The summed E-state index contributed by atoms with van der Waals surface area (Å²) in [5, 5.41) is 1.50. The Hall–Kier alpha value is -0.580. The SMILES string of the molecule is CCCc1c(Cl)ncnc1Sc1cccc(Br)c1. The van der Waals surface area contributed by atoms with E-state index in [1.54, 1.807) is 11.8 Å². The lowest BCUT2D eigenvalue weighted by Crippen LogP contribution is -1.95. The number of halogens is 2. The molecule has 2 rings (SSSR count). The van der Waals surface area contributed by atoms with Crippen LogP contribution in [0.15, 0.2) is 45.0 Å². The molecule has 0 aliphatic rings. The Morgan fingerprint density at radius 1 is 1.33 bits per heavy atom. The van der Waals surface area contributed by atoms with Gasteiger partial charge in [-0.05, 0) is 24.6 Å². The van der Waals surface area contributed by atoms with Crippen LogP contribution >= 0.6 is 39.3 Å². The lowest BCUT2D eigenvalue weighted by Gasteiger charge is -2.08. The highest BCUT2D eigenvalue weighted by atomic mass is 79.9. The van der Waals surface area contributed by atoms with Gasteiger partial charge in [-0.25, -0.2) is 9.97 Å². The maximum absolute atomic E-state index is 6.13. The second-order valence-electron chi connectivity index (χ2n) is 3.76. The summed E-state index contributed by atoms with van der Waals surface area (Å²) in [7, 11) is 0. The second-order valence-corrected chi connectivity index (χ2v) is 6.09. The Morgan fingerprint density at radius 2 is 2.17 bits per heavy atom. The van der Waals surface area contributed by atoms with E-state index in [1.165, 1.54) is 6.33 Å². The van der Waals surface area contributed by atoms with Crippen molar-refractivity contribution in [3.63, 3.8) is 0 Å². The summed E-state index contributed by atoms with van der Waals surface area (Å²) in [4.78, 5) is 9.52. The van der Waals surface area contributed by atoms with Crippen molar-refractivity contribution in [2.45, 2.75) is 29.7 Å². The van der Waals surface area contributed by atoms with E-state index >= 15 is 0 Å². The molecular formula is C13H12BrClN2S. The fourth-order valence-corrected chi connectivity index (χ4v) is 3.38. The molecule has 0 N–H and O–H groups in total. The van der Waals surface area contributed by atoms with Crippen LogP contribution in [-0.4, -0.2) is 9.97 Å². The van der Waals surface area contributed by atoms with E-state index in [0.29, 0.717) is 5.15 Å². The third-order valence-electron chi connectivity index (χ3n) is 2.36. The predicted octanol–water partition coefficient (Wildman–Crippen LogP) is 5.00. The molecule has 0 atom stereocenters. The van der Waals surface area contributed by atoms with Crippen molar-refractivity contribution in [3.05, 3.63) is 45.8 Å². The number of aromatic nitrogens is 2. The largest absolute Gasteiger partial charge is 0.229 e. The number of hydrogen-bond donors (Lipinski definition) is 0. The molecule has 0 bridgehead atoms. The van der Waals surface area contributed by atoms with E-state index in [2.05, 4.69) is 45.0 Å². The molecule has 5 heteroatoms. The van der Waals surface area contributed by atoms with Crippen molar-refractivity contribution in [1.82, 2.24) is 9.97 Å². The molecule has 0 saturated heterocycles. The second kappa shape index (κ2) is 6.55. The molecule has 0 aliphatic heterocycles. The van der Waals surface area contributed by atoms with Crippen LogP contribution in [-0.2, 0) is 6.42 Å². The molecule has 94 valence electrons. The molecular weight excluding hydrogens is 332 g/mol. The summed E-state index contributed by atoms with van der Waals surface area (Å²) >= 11 is 11.2. The molecule has 0 radical (unpaired) electrons. The third-order valence-corrected chi connectivity index (χ3v) is 4.22. The smallest absolute Gasteiger partial charge is 0.136 e. The minimum atomic E-state index is 0.560. The molecule has 1 aromatic carbocycles. The van der Waals surface area contributed by atoms with E-state index in [0.717, 1.165) is 32.8 Å². The molecule has 0 fully saturated rings. The van der Waals surface area contributed by atoms with Crippen LogP contribution in [0.5, 0.6) is 0 Å². The Balaban J connectivity index is 2.31. The Morgan fingerprint density at radius 3 is 2.89 bits per heavy atom. The van der Waals surface area contributed by atoms with Gasteiger partial charge in [0.1, 0.15) is 16.5 Å². The van der Waals surface area contributed by atoms with Crippen molar-refractivity contribution >= 4 is 39.3 Å². The van der Waals surface area contributed by atoms with E-state index in [4.69, 9.17) is 11.6 Å². The fourth-order valence-electron chi connectivity index (χ4n) is 1.57. The van der Waals surface area contributed by atoms with Crippen molar-refractivity contribution in [2.75, 3.05) is 0 Å². The van der Waals surface area contributed by atoms with Crippen molar-refractivity contribution in [1.29, 1.82) is 0 Å². The van der Waals surface area contributed by atoms with Crippen LogP contribution in [0.1, 0.15) is 18.9 Å². The Bertz CT molecular complexity index is 548. The van der Waals surface area contributed by atoms with Gasteiger partial charge in [0.15, 0.2) is 0 Å². The zero-order chi connectivity index (χ0) is 13.0. The van der Waals surface area contributed by atoms with E-state index in [-0.39, 0.29) is 0 Å². The maximum atomic E-state index is 6.13. The zero-order valence-electron chi connectivity index (χ0n) is 9.86. The normalized spacial score (nSPS) is 10.6. The van der Waals surface area contributed by atoms with Crippen LogP contribution in [0, 0.1) is 0 Å². The third kappa shape index (κ3) is 3.46. The van der Waals surface area contributed by atoms with Crippen molar-refractivity contribution < 1.29 is 0 Å². The van der Waals surface area contributed by atoms with Crippen LogP contribution in [0.25, 0.3) is 0 Å². The molecule has 1 aromatic heterocycles. The summed E-state index contributed by atoms with van der Waals surface area (Å²) in [5.74, 6) is 0. The van der Waals surface area contributed by atoms with Crippen LogP contribution in [0.3, 0.4) is 0 Å². The molecule has 2 aromatic rings. The summed E-state index contributed by atoms with van der Waals surface area (Å²) < 4.78 is 1.06. The summed E-state index contributed by atoms with van der Waals surface area (Å²) in [6.07, 6.45) is 3.44. The van der Waals surface area contributed by atoms with Gasteiger partial charge in [-0.3, -0.25) is 0 Å². The summed E-state index contributed by atoms with van der Waals surface area (Å²) in [6.45, 7) is 2.12. The maximum Gasteiger partial charge on any atom is 0.136 e. The van der Waals surface area contributed by atoms with Gasteiger partial charge < -0.3 is 0 Å². The first kappa shape index (κ1) is 13.8. The molecule has 0 aliphatic carbocycles. The number of benzene rings is 1. The first-order chi connectivity index (χ1) is 8.70. The van der Waals surface area contributed by atoms with Gasteiger partial charge in [0.25, 0.3) is 0 Å². The van der Waals surface area contributed by atoms with E-state index in [9.17, 15) is 0 Å². The van der Waals surface area contributed by atoms with Gasteiger partial charge >= 0.3 is 0 Å². The van der Waals surface area contributed by atoms with E-state index in [1.807, 2.05) is 12.1 Å². The van der Waals surface area contributed by atoms with Gasteiger partial charge in [0.2, 0.25) is 0 Å². The Kier molecular flexibility index (Phi) is 5.03. The number of rotatable bonds is 4. The molecule has 18 heavy (non-hydrogen) atoms. The fraction of sp³-hybridized carbons (Fsp3) is 0.231. The van der Waals surface area contributed by atoms with Gasteiger partial charge in [-0.1, -0.05) is 58.7 Å². The van der Waals surface area contributed by atoms with Crippen LogP contribution in [0.2, 0.25) is 5.15 Å². The minimum Gasteiger partial charge on any atom is -0.229 e. The van der Waals surface area contributed by atoms with Crippen LogP contribution in [0.4, 0.5) is 0 Å². The van der Waals surface area contributed by atoms with Crippen LogP contribution < -0.4 is 0 Å². The molecule has 0 spiro atoms. The molecule has 1 heterocycles. The van der Waals surface area contributed by atoms with Crippen molar-refractivity contribution in [2.24, 2.45) is 0 Å². The van der Waals surface area contributed by atoms with E-state index < -0.39 is 0 Å².